The third-order valence-electron chi connectivity index (χ3n) is 5.40. The van der Waals surface area contributed by atoms with Crippen LogP contribution in [0.15, 0.2) is 72.8 Å². The summed E-state index contributed by atoms with van der Waals surface area (Å²) in [7, 11) is 0. The van der Waals surface area contributed by atoms with Gasteiger partial charge in [-0.05, 0) is 54.5 Å². The summed E-state index contributed by atoms with van der Waals surface area (Å²) >= 11 is 0. The number of nitrogens with two attached hydrogens (primary N) is 1. The van der Waals surface area contributed by atoms with E-state index in [4.69, 9.17) is 15.2 Å². The minimum absolute atomic E-state index is 0.0797. The maximum Gasteiger partial charge on any atom is 0.164 e. The van der Waals surface area contributed by atoms with Gasteiger partial charge in [0.2, 0.25) is 0 Å². The summed E-state index contributed by atoms with van der Waals surface area (Å²) in [6.07, 6.45) is 2.92. The van der Waals surface area contributed by atoms with Gasteiger partial charge in [0.25, 0.3) is 0 Å². The average molecular weight is 416 g/mol. The Bertz CT molecular complexity index is 1010. The lowest BCUT2D eigenvalue weighted by Gasteiger charge is -2.10. The van der Waals surface area contributed by atoms with Crippen molar-refractivity contribution in [2.75, 3.05) is 6.61 Å². The molecule has 4 rings (SSSR count). The van der Waals surface area contributed by atoms with Crippen molar-refractivity contribution >= 4 is 5.78 Å². The van der Waals surface area contributed by atoms with E-state index in [0.29, 0.717) is 18.6 Å². The fraction of sp³-hybridized carbons (Fsp3) is 0.296. The molecule has 0 bridgehead atoms. The summed E-state index contributed by atoms with van der Waals surface area (Å²) in [5.74, 6) is 2.48. The third-order valence-corrected chi connectivity index (χ3v) is 5.40. The lowest BCUT2D eigenvalue weighted by molar-refractivity contribution is 0.0976. The van der Waals surface area contributed by atoms with E-state index in [1.807, 2.05) is 55.5 Å². The van der Waals surface area contributed by atoms with E-state index < -0.39 is 0 Å². The summed E-state index contributed by atoms with van der Waals surface area (Å²) in [6.45, 7) is 3.14. The summed E-state index contributed by atoms with van der Waals surface area (Å²) in [4.78, 5) is 12.1. The zero-order valence-corrected chi connectivity index (χ0v) is 17.9. The van der Waals surface area contributed by atoms with Gasteiger partial charge in [-0.3, -0.25) is 4.79 Å². The summed E-state index contributed by atoms with van der Waals surface area (Å²) < 4.78 is 11.8. The second-order valence-corrected chi connectivity index (χ2v) is 8.40. The van der Waals surface area contributed by atoms with Crippen molar-refractivity contribution in [3.63, 3.8) is 0 Å². The molecule has 31 heavy (non-hydrogen) atoms. The molecular weight excluding hydrogens is 386 g/mol. The Labute approximate surface area is 184 Å². The highest BCUT2D eigenvalue weighted by atomic mass is 16.5. The molecule has 0 spiro atoms. The molecule has 3 aromatic rings. The number of Topliss-reactive ketones (excluding diaryl/α,β-unsaturated/α-hetero) is 1. The molecule has 3 aromatic carbocycles. The fourth-order valence-electron chi connectivity index (χ4n) is 3.37. The molecule has 4 heteroatoms. The molecule has 1 fully saturated rings. The van der Waals surface area contributed by atoms with Gasteiger partial charge in [-0.25, -0.2) is 0 Å². The molecule has 1 aliphatic carbocycles. The first-order valence-electron chi connectivity index (χ1n) is 10.9. The van der Waals surface area contributed by atoms with Gasteiger partial charge in [-0.2, -0.15) is 0 Å². The van der Waals surface area contributed by atoms with Crippen LogP contribution in [-0.4, -0.2) is 18.4 Å². The highest BCUT2D eigenvalue weighted by molar-refractivity contribution is 5.96. The monoisotopic (exact) mass is 415 g/mol. The van der Waals surface area contributed by atoms with Crippen LogP contribution in [-0.2, 0) is 6.61 Å². The minimum atomic E-state index is -0.125. The molecule has 1 unspecified atom stereocenters. The van der Waals surface area contributed by atoms with Crippen molar-refractivity contribution in [3.8, 4) is 22.6 Å². The number of carbonyl (C=O) groups excluding carboxylic acids is 1. The van der Waals surface area contributed by atoms with Crippen molar-refractivity contribution in [3.05, 3.63) is 83.9 Å². The van der Waals surface area contributed by atoms with E-state index in [9.17, 15) is 4.79 Å². The summed E-state index contributed by atoms with van der Waals surface area (Å²) in [6, 6.07) is 23.7. The molecule has 1 aliphatic rings. The maximum absolute atomic E-state index is 12.1. The maximum atomic E-state index is 12.1. The van der Waals surface area contributed by atoms with Gasteiger partial charge in [0.15, 0.2) is 5.78 Å². The molecule has 1 atom stereocenters. The number of benzene rings is 3. The molecular formula is C27H29NO3. The number of ether oxygens (including phenoxy) is 2. The van der Waals surface area contributed by atoms with E-state index in [1.54, 1.807) is 0 Å². The van der Waals surface area contributed by atoms with E-state index in [0.717, 1.165) is 40.7 Å². The van der Waals surface area contributed by atoms with Crippen molar-refractivity contribution in [2.45, 2.75) is 38.8 Å². The van der Waals surface area contributed by atoms with Gasteiger partial charge in [-0.15, -0.1) is 0 Å². The fourth-order valence-corrected chi connectivity index (χ4v) is 3.37. The second kappa shape index (κ2) is 9.80. The van der Waals surface area contributed by atoms with Gasteiger partial charge in [0, 0.05) is 24.1 Å². The van der Waals surface area contributed by atoms with E-state index in [1.165, 1.54) is 12.8 Å². The Morgan fingerprint density at radius 1 is 0.935 bits per heavy atom. The van der Waals surface area contributed by atoms with Gasteiger partial charge in [-0.1, -0.05) is 54.6 Å². The standard InChI is InChI=1S/C27H29NO3/c1-19(28)15-27(29)24-13-11-23(12-14-24)22-9-7-21(8-10-22)18-31-26-4-2-3-25(16-26)30-17-20-5-6-20/h2-4,7-14,16,19-20H,5-6,15,17-18,28H2,1H3. The molecule has 4 nitrogen and oxygen atoms in total. The van der Waals surface area contributed by atoms with Crippen LogP contribution in [0.5, 0.6) is 11.5 Å². The van der Waals surface area contributed by atoms with Crippen molar-refractivity contribution in [2.24, 2.45) is 11.7 Å². The predicted octanol–water partition coefficient (Wildman–Crippen LogP) is 5.64. The first kappa shape index (κ1) is 21.1. The zero-order chi connectivity index (χ0) is 21.6. The zero-order valence-electron chi connectivity index (χ0n) is 17.9. The van der Waals surface area contributed by atoms with Crippen LogP contribution in [0, 0.1) is 5.92 Å². The molecule has 1 saturated carbocycles. The van der Waals surface area contributed by atoms with Gasteiger partial charge in [0.1, 0.15) is 18.1 Å². The SMILES string of the molecule is CC(N)CC(=O)c1ccc(-c2ccc(COc3cccc(OCC4CC4)c3)cc2)cc1. The van der Waals surface area contributed by atoms with Crippen LogP contribution in [0.4, 0.5) is 0 Å². The highest BCUT2D eigenvalue weighted by Gasteiger charge is 2.21. The predicted molar refractivity (Wildman–Crippen MR) is 123 cm³/mol. The van der Waals surface area contributed by atoms with E-state index >= 15 is 0 Å². The van der Waals surface area contributed by atoms with Crippen LogP contribution in [0.2, 0.25) is 0 Å². The second-order valence-electron chi connectivity index (χ2n) is 8.40. The lowest BCUT2D eigenvalue weighted by atomic mass is 9.99. The van der Waals surface area contributed by atoms with Crippen LogP contribution in [0.1, 0.15) is 42.1 Å². The van der Waals surface area contributed by atoms with Gasteiger partial charge >= 0.3 is 0 Å². The smallest absolute Gasteiger partial charge is 0.164 e. The number of carbonyl (C=O) groups is 1. The lowest BCUT2D eigenvalue weighted by Crippen LogP contribution is -2.19. The van der Waals surface area contributed by atoms with Crippen molar-refractivity contribution in [1.29, 1.82) is 0 Å². The first-order chi connectivity index (χ1) is 15.1. The average Bonchev–Trinajstić information content (AvgIpc) is 3.61. The van der Waals surface area contributed by atoms with E-state index in [2.05, 4.69) is 24.3 Å². The van der Waals surface area contributed by atoms with Gasteiger partial charge in [0.05, 0.1) is 6.61 Å². The number of rotatable bonds is 10. The van der Waals surface area contributed by atoms with Crippen LogP contribution in [0.3, 0.4) is 0 Å². The number of hydrogen-bond donors (Lipinski definition) is 1. The van der Waals surface area contributed by atoms with E-state index in [-0.39, 0.29) is 11.8 Å². The van der Waals surface area contributed by atoms with Crippen LogP contribution < -0.4 is 15.2 Å². The summed E-state index contributed by atoms with van der Waals surface area (Å²) in [5.41, 5.74) is 9.70. The number of hydrogen-bond acceptors (Lipinski definition) is 4. The Balaban J connectivity index is 1.33. The topological polar surface area (TPSA) is 61.6 Å². The summed E-state index contributed by atoms with van der Waals surface area (Å²) in [5, 5.41) is 0. The Morgan fingerprint density at radius 2 is 1.55 bits per heavy atom. The molecule has 0 radical (unpaired) electrons. The first-order valence-corrected chi connectivity index (χ1v) is 10.9. The Hall–Kier alpha value is -3.11. The van der Waals surface area contributed by atoms with Crippen molar-refractivity contribution in [1.82, 2.24) is 0 Å². The Morgan fingerprint density at radius 3 is 2.16 bits per heavy atom. The molecule has 0 aliphatic heterocycles. The third kappa shape index (κ3) is 6.19. The van der Waals surface area contributed by atoms with Crippen LogP contribution >= 0.6 is 0 Å². The van der Waals surface area contributed by atoms with Crippen LogP contribution in [0.25, 0.3) is 11.1 Å². The number of ketones is 1. The largest absolute Gasteiger partial charge is 0.493 e. The molecule has 0 aromatic heterocycles. The molecule has 160 valence electrons. The minimum Gasteiger partial charge on any atom is -0.493 e. The Kier molecular flexibility index (Phi) is 6.68. The van der Waals surface area contributed by atoms with Gasteiger partial charge < -0.3 is 15.2 Å². The molecule has 0 amide bonds. The molecule has 0 heterocycles. The normalized spacial score (nSPS) is 14.1. The molecule has 2 N–H and O–H groups in total. The quantitative estimate of drug-likeness (QED) is 0.435. The van der Waals surface area contributed by atoms with Crippen molar-refractivity contribution < 1.29 is 14.3 Å². The highest BCUT2D eigenvalue weighted by Crippen LogP contribution is 2.30. The molecule has 0 saturated heterocycles.